The smallest absolute Gasteiger partial charge is 0.317 e. The molecule has 2 aromatic carbocycles. The van der Waals surface area contributed by atoms with Crippen molar-refractivity contribution in [2.24, 2.45) is 5.92 Å². The highest BCUT2D eigenvalue weighted by Crippen LogP contribution is 2.38. The molecule has 0 saturated carbocycles. The number of nitrogens with one attached hydrogen (secondary N) is 5. The molecular weight excluding hydrogens is 1050 g/mol. The summed E-state index contributed by atoms with van der Waals surface area (Å²) in [5.41, 5.74) is 2.54. The molecule has 0 atom stereocenters. The Morgan fingerprint density at radius 1 is 0.637 bits per heavy atom. The topological polar surface area (TPSA) is 358 Å². The van der Waals surface area contributed by atoms with Crippen molar-refractivity contribution in [1.82, 2.24) is 56.0 Å². The van der Waals surface area contributed by atoms with Gasteiger partial charge in [-0.15, -0.1) is 10.2 Å². The fraction of sp³-hybridized carbons (Fsp3) is 0.604. The lowest BCUT2D eigenvalue weighted by atomic mass is 9.90. The molecule has 1 aliphatic heterocycles. The molecule has 1 fully saturated rings. The zero-order chi connectivity index (χ0) is 58.2. The fourth-order valence-corrected chi connectivity index (χ4v) is 8.53. The molecule has 10 N–H and O–H groups in total. The van der Waals surface area contributed by atoms with Gasteiger partial charge in [0.05, 0.1) is 84.6 Å². The first-order valence-electron chi connectivity index (χ1n) is 26.9. The Morgan fingerprint density at radius 3 is 1.75 bits per heavy atom. The molecule has 1 aliphatic rings. The van der Waals surface area contributed by atoms with Gasteiger partial charge >= 0.3 is 17.9 Å². The molecule has 4 rings (SSSR count). The summed E-state index contributed by atoms with van der Waals surface area (Å²) in [6.45, 7) is 10.3. The third kappa shape index (κ3) is 25.1. The van der Waals surface area contributed by atoms with Crippen LogP contribution in [0.2, 0.25) is 0 Å². The number of phenols is 2. The highest BCUT2D eigenvalue weighted by molar-refractivity contribution is 5.92. The second-order valence-electron chi connectivity index (χ2n) is 19.3. The third-order valence-corrected chi connectivity index (χ3v) is 12.8. The van der Waals surface area contributed by atoms with Crippen molar-refractivity contribution in [2.75, 3.05) is 151 Å². The van der Waals surface area contributed by atoms with Crippen LogP contribution < -0.4 is 26.6 Å². The molecule has 3 aromatic rings. The van der Waals surface area contributed by atoms with Gasteiger partial charge in [-0.3, -0.25) is 47.9 Å². The number of aromatic nitrogens is 3. The second-order valence-corrected chi connectivity index (χ2v) is 19.3. The molecule has 0 radical (unpaired) electrons. The van der Waals surface area contributed by atoms with Gasteiger partial charge in [-0.1, -0.05) is 26.0 Å². The van der Waals surface area contributed by atoms with Gasteiger partial charge in [0.25, 0.3) is 5.91 Å². The number of carboxylic acid groups (broad SMARTS) is 3. The molecular formula is C53H81N11O16. The van der Waals surface area contributed by atoms with Crippen LogP contribution in [0, 0.1) is 5.92 Å². The van der Waals surface area contributed by atoms with Gasteiger partial charge in [-0.05, 0) is 60.4 Å². The van der Waals surface area contributed by atoms with Gasteiger partial charge in [-0.25, -0.2) is 0 Å². The number of phenolic OH excluding ortho intramolecular Hbond substituents is 2. The number of ether oxygens (including phenoxy) is 4. The van der Waals surface area contributed by atoms with Crippen molar-refractivity contribution >= 4 is 41.5 Å². The van der Waals surface area contributed by atoms with Gasteiger partial charge < -0.3 is 76.0 Å². The van der Waals surface area contributed by atoms with Crippen LogP contribution in [0.1, 0.15) is 67.7 Å². The highest BCUT2D eigenvalue weighted by atomic mass is 16.6. The van der Waals surface area contributed by atoms with Crippen molar-refractivity contribution in [1.29, 1.82) is 0 Å². The first-order valence-corrected chi connectivity index (χ1v) is 26.9. The minimum atomic E-state index is -1.06. The number of benzene rings is 2. The van der Waals surface area contributed by atoms with Crippen LogP contribution in [0.5, 0.6) is 11.5 Å². The van der Waals surface area contributed by atoms with E-state index in [9.17, 15) is 54.0 Å². The van der Waals surface area contributed by atoms with Crippen LogP contribution in [0.25, 0.3) is 17.1 Å². The van der Waals surface area contributed by atoms with E-state index in [0.29, 0.717) is 50.1 Å². The molecule has 4 amide bonds. The standard InChI is InChI=1S/C53H81N11O16/c1-37(2)42-31-43(45(67)32-44(42)66)51-59-60-52(64(51)41-6-4-39(5-7-41)30-40-8-16-63(17-9-40)38(3)65)53(76)58-12-11-56-46(68)10-22-77-24-26-79-28-29-80-27-25-78-23-15-57-47(69)33-54-13-18-61(35-49(72)73)20-21-62(36-50(74)75)19-14-55-34-48(70)71/h4-7,31-32,37,40,54-55,66-67H,8-30,33-36H2,1-3H3,(H,56,68)(H,57,69)(H,58,76)(H,70,71)(H,72,73)(H,74,75). The number of carbonyl (C=O) groups is 7. The fourth-order valence-electron chi connectivity index (χ4n) is 8.53. The zero-order valence-corrected chi connectivity index (χ0v) is 46.1. The number of nitrogens with zero attached hydrogens (tertiary/aromatic N) is 6. The minimum absolute atomic E-state index is 0.00643. The van der Waals surface area contributed by atoms with E-state index >= 15 is 0 Å². The Labute approximate surface area is 465 Å². The molecule has 0 unspecified atom stereocenters. The van der Waals surface area contributed by atoms with Gasteiger partial charge in [-0.2, -0.15) is 0 Å². The van der Waals surface area contributed by atoms with E-state index in [1.54, 1.807) is 27.4 Å². The first kappa shape index (κ1) is 65.7. The highest BCUT2D eigenvalue weighted by Gasteiger charge is 2.26. The lowest BCUT2D eigenvalue weighted by Gasteiger charge is -2.31. The second kappa shape index (κ2) is 36.4. The quantitative estimate of drug-likeness (QED) is 0.0327. The molecule has 1 aromatic heterocycles. The molecule has 0 aliphatic carbocycles. The van der Waals surface area contributed by atoms with E-state index in [1.807, 2.05) is 43.0 Å². The Bertz CT molecular complexity index is 2420. The summed E-state index contributed by atoms with van der Waals surface area (Å²) in [6, 6.07) is 10.6. The van der Waals surface area contributed by atoms with Crippen LogP contribution in [-0.4, -0.2) is 248 Å². The summed E-state index contributed by atoms with van der Waals surface area (Å²) in [5, 5.41) is 71.3. The molecule has 0 bridgehead atoms. The van der Waals surface area contributed by atoms with Gasteiger partial charge in [0.1, 0.15) is 11.5 Å². The summed E-state index contributed by atoms with van der Waals surface area (Å²) < 4.78 is 23.6. The van der Waals surface area contributed by atoms with Crippen molar-refractivity contribution in [3.63, 3.8) is 0 Å². The Morgan fingerprint density at radius 2 is 1.19 bits per heavy atom. The normalized spacial score (nSPS) is 12.8. The predicted octanol–water partition coefficient (Wildman–Crippen LogP) is -0.274. The van der Waals surface area contributed by atoms with E-state index in [-0.39, 0.29) is 164 Å². The molecule has 444 valence electrons. The van der Waals surface area contributed by atoms with Crippen molar-refractivity contribution in [2.45, 2.75) is 52.4 Å². The number of rotatable bonds is 41. The predicted molar refractivity (Wildman–Crippen MR) is 291 cm³/mol. The number of hydrogen-bond acceptors (Lipinski definition) is 19. The van der Waals surface area contributed by atoms with Gasteiger partial charge in [0.15, 0.2) is 5.82 Å². The molecule has 1 saturated heterocycles. The maximum atomic E-state index is 13.6. The first-order chi connectivity index (χ1) is 38.4. The average Bonchev–Trinajstić information content (AvgIpc) is 3.88. The summed E-state index contributed by atoms with van der Waals surface area (Å²) in [5.74, 6) is -3.96. The van der Waals surface area contributed by atoms with Crippen LogP contribution in [0.4, 0.5) is 0 Å². The van der Waals surface area contributed by atoms with Crippen molar-refractivity contribution < 1.29 is 78.0 Å². The number of carbonyl (C=O) groups excluding carboxylic acids is 4. The van der Waals surface area contributed by atoms with Crippen LogP contribution >= 0.6 is 0 Å². The maximum Gasteiger partial charge on any atom is 0.317 e. The van der Waals surface area contributed by atoms with Gasteiger partial charge in [0.2, 0.25) is 23.5 Å². The number of piperidine rings is 1. The molecule has 80 heavy (non-hydrogen) atoms. The Hall–Kier alpha value is -6.85. The van der Waals surface area contributed by atoms with Crippen LogP contribution in [-0.2, 0) is 54.1 Å². The number of aromatic hydroxyl groups is 2. The number of likely N-dealkylation sites (tertiary alicyclic amines) is 1. The minimum Gasteiger partial charge on any atom is -0.508 e. The summed E-state index contributed by atoms with van der Waals surface area (Å²) in [7, 11) is 0. The molecule has 2 heterocycles. The van der Waals surface area contributed by atoms with Crippen LogP contribution in [0.3, 0.4) is 0 Å². The largest absolute Gasteiger partial charge is 0.508 e. The van der Waals surface area contributed by atoms with E-state index < -0.39 is 23.8 Å². The number of carboxylic acids is 3. The number of amides is 4. The van der Waals surface area contributed by atoms with Crippen molar-refractivity contribution in [3.05, 3.63) is 53.3 Å². The summed E-state index contributed by atoms with van der Waals surface area (Å²) in [4.78, 5) is 88.6. The van der Waals surface area contributed by atoms with E-state index in [2.05, 4.69) is 36.8 Å². The van der Waals surface area contributed by atoms with Gasteiger partial charge in [0, 0.05) is 97.1 Å². The van der Waals surface area contributed by atoms with E-state index in [4.69, 9.17) is 24.1 Å². The number of hydrogen-bond donors (Lipinski definition) is 10. The SMILES string of the molecule is CC(=O)N1CCC(Cc2ccc(-n3c(C(=O)NCCNC(=O)CCOCCOCCOCCOCCNC(=O)CNCCN(CCN(CCNCC(=O)O)CC(=O)O)CC(=O)O)nnc3-c3cc(C(C)C)c(O)cc3O)cc2)CC1. The van der Waals surface area contributed by atoms with Crippen molar-refractivity contribution in [3.8, 4) is 28.6 Å². The van der Waals surface area contributed by atoms with E-state index in [1.165, 1.54) is 6.07 Å². The van der Waals surface area contributed by atoms with E-state index in [0.717, 1.165) is 37.9 Å². The monoisotopic (exact) mass is 1130 g/mol. The summed E-state index contributed by atoms with van der Waals surface area (Å²) >= 11 is 0. The molecule has 27 nitrogen and oxygen atoms in total. The Balaban J connectivity index is 1.04. The average molecular weight is 1130 g/mol. The summed E-state index contributed by atoms with van der Waals surface area (Å²) in [6.07, 6.45) is 2.76. The molecule has 27 heteroatoms. The van der Waals surface area contributed by atoms with Crippen LogP contribution in [0.15, 0.2) is 36.4 Å². The number of aliphatic carboxylic acids is 3. The molecule has 0 spiro atoms. The lowest BCUT2D eigenvalue weighted by molar-refractivity contribution is -0.140. The zero-order valence-electron chi connectivity index (χ0n) is 46.1. The maximum absolute atomic E-state index is 13.6. The Kier molecular flexibility index (Phi) is 29.9. The third-order valence-electron chi connectivity index (χ3n) is 12.8. The lowest BCUT2D eigenvalue weighted by Crippen LogP contribution is -2.45.